The Hall–Kier alpha value is -5.32. The van der Waals surface area contributed by atoms with Crippen LogP contribution in [0.1, 0.15) is 78.3 Å². The van der Waals surface area contributed by atoms with Crippen molar-refractivity contribution < 1.29 is 9.59 Å². The van der Waals surface area contributed by atoms with Crippen LogP contribution in [0, 0.1) is 13.8 Å². The van der Waals surface area contributed by atoms with Crippen LogP contribution < -0.4 is 0 Å². The van der Waals surface area contributed by atoms with Crippen molar-refractivity contribution in [3.63, 3.8) is 0 Å². The summed E-state index contributed by atoms with van der Waals surface area (Å²) in [6, 6.07) is 34.0. The number of likely N-dealkylation sites (tertiary alicyclic amines) is 2. The molecule has 2 aliphatic heterocycles. The molecule has 296 valence electrons. The van der Waals surface area contributed by atoms with Gasteiger partial charge in [-0.25, -0.2) is 9.97 Å². The Bertz CT molecular complexity index is 2360. The third-order valence-corrected chi connectivity index (χ3v) is 12.6. The predicted octanol–water partition coefficient (Wildman–Crippen LogP) is 7.92. The molecule has 1 aliphatic carbocycles. The summed E-state index contributed by atoms with van der Waals surface area (Å²) in [5.74, 6) is 2.10. The minimum atomic E-state index is 0.0920. The summed E-state index contributed by atoms with van der Waals surface area (Å²) in [5.41, 5.74) is 7.68. The van der Waals surface area contributed by atoms with Gasteiger partial charge in [0, 0.05) is 86.9 Å². The maximum absolute atomic E-state index is 13.1. The topological polar surface area (TPSA) is 82.7 Å². The Labute approximate surface area is 336 Å². The van der Waals surface area contributed by atoms with Gasteiger partial charge < -0.3 is 9.80 Å². The molecule has 2 saturated heterocycles. The van der Waals surface area contributed by atoms with Gasteiger partial charge in [0.15, 0.2) is 0 Å². The highest BCUT2D eigenvalue weighted by Crippen LogP contribution is 2.30. The van der Waals surface area contributed by atoms with Crippen LogP contribution in [0.15, 0.2) is 97.1 Å². The fourth-order valence-corrected chi connectivity index (χ4v) is 8.91. The van der Waals surface area contributed by atoms with Crippen LogP contribution in [0.2, 0.25) is 0 Å². The van der Waals surface area contributed by atoms with Gasteiger partial charge in [-0.1, -0.05) is 30.7 Å². The second-order valence-electron chi connectivity index (χ2n) is 16.4. The highest BCUT2D eigenvalue weighted by molar-refractivity contribution is 5.95. The van der Waals surface area contributed by atoms with E-state index in [-0.39, 0.29) is 17.9 Å². The number of carbonyl (C=O) groups excluding carboxylic acids is 2. The van der Waals surface area contributed by atoms with Gasteiger partial charge in [-0.2, -0.15) is 0 Å². The molecular formula is C47H56N8O2. The molecule has 4 heterocycles. The van der Waals surface area contributed by atoms with Gasteiger partial charge in [0.25, 0.3) is 11.8 Å². The van der Waals surface area contributed by atoms with Gasteiger partial charge in [0.1, 0.15) is 11.6 Å². The molecule has 0 unspecified atom stereocenters. The van der Waals surface area contributed by atoms with E-state index in [0.29, 0.717) is 12.1 Å². The number of likely N-dealkylation sites (N-methyl/N-ethyl adjacent to an activating group) is 2. The number of aromatic nitrogens is 4. The zero-order chi connectivity index (χ0) is 39.8. The summed E-state index contributed by atoms with van der Waals surface area (Å²) in [6.45, 7) is 12.6. The Morgan fingerprint density at radius 1 is 0.614 bits per heavy atom. The zero-order valence-corrected chi connectivity index (χ0v) is 34.3. The third kappa shape index (κ3) is 7.73. The van der Waals surface area contributed by atoms with Crippen molar-refractivity contribution in [2.24, 2.45) is 0 Å². The molecule has 2 aromatic heterocycles. The molecule has 3 fully saturated rings. The van der Waals surface area contributed by atoms with Crippen molar-refractivity contribution >= 4 is 33.9 Å². The van der Waals surface area contributed by atoms with Crippen LogP contribution >= 0.6 is 0 Å². The monoisotopic (exact) mass is 764 g/mol. The van der Waals surface area contributed by atoms with Crippen LogP contribution in [0.25, 0.3) is 33.4 Å². The number of hydrogen-bond donors (Lipinski definition) is 0. The molecule has 9 rings (SSSR count). The first-order valence-corrected chi connectivity index (χ1v) is 20.7. The van der Waals surface area contributed by atoms with Gasteiger partial charge in [-0.15, -0.1) is 0 Å². The minimum Gasteiger partial charge on any atom is -0.337 e. The lowest BCUT2D eigenvalue weighted by Crippen LogP contribution is -2.43. The molecule has 57 heavy (non-hydrogen) atoms. The average molecular weight is 765 g/mol. The lowest BCUT2D eigenvalue weighted by Gasteiger charge is -2.35. The SMILES string of the molecule is Cc1nc2ccccc2n1-c1ccc(C(=O)N(C)[C@H]2CCN(C(C)C)C2)cc1.Cc1nc2ccccc2n1-c1ccc(C(=O)N(C)[C@H]2CCN(C3CCC3)C2)cc1. The maximum Gasteiger partial charge on any atom is 0.253 e. The lowest BCUT2D eigenvalue weighted by molar-refractivity contribution is 0.0717. The van der Waals surface area contributed by atoms with E-state index >= 15 is 0 Å². The van der Waals surface area contributed by atoms with E-state index in [2.05, 4.69) is 54.9 Å². The molecular weight excluding hydrogens is 709 g/mol. The van der Waals surface area contributed by atoms with E-state index in [9.17, 15) is 9.59 Å². The minimum absolute atomic E-state index is 0.0920. The van der Waals surface area contributed by atoms with E-state index in [4.69, 9.17) is 0 Å². The number of fused-ring (bicyclic) bond motifs is 2. The van der Waals surface area contributed by atoms with Crippen LogP contribution in [-0.2, 0) is 0 Å². The summed E-state index contributed by atoms with van der Waals surface area (Å²) in [4.78, 5) is 44.2. The van der Waals surface area contributed by atoms with E-state index < -0.39 is 0 Å². The van der Waals surface area contributed by atoms with Gasteiger partial charge in [-0.05, 0) is 126 Å². The number of amides is 2. The summed E-state index contributed by atoms with van der Waals surface area (Å²) < 4.78 is 4.27. The van der Waals surface area contributed by atoms with E-state index in [1.54, 1.807) is 0 Å². The maximum atomic E-state index is 13.1. The Morgan fingerprint density at radius 2 is 1.07 bits per heavy atom. The first kappa shape index (κ1) is 38.5. The van der Waals surface area contributed by atoms with Crippen molar-refractivity contribution in [2.45, 2.75) is 84.0 Å². The Morgan fingerprint density at radius 3 is 1.51 bits per heavy atom. The molecule has 3 aliphatic rings. The van der Waals surface area contributed by atoms with Gasteiger partial charge in [-0.3, -0.25) is 28.5 Å². The first-order chi connectivity index (χ1) is 27.6. The standard InChI is InChI=1S/C24H28N4O.C23H28N4O/c1-17-25-22-8-3-4-9-23(22)28(17)20-12-10-18(11-13-20)24(29)26(2)21-14-15-27(16-21)19-6-5-7-19;1-16(2)26-14-13-20(15-26)25(4)23(28)18-9-11-19(12-10-18)27-17(3)24-21-7-5-6-8-22(21)27/h3-4,8-13,19,21H,5-7,14-16H2,1-2H3;5-12,16,20H,13-15H2,1-4H3/t21-;20-/m00/s1. The number of hydrogen-bond acceptors (Lipinski definition) is 6. The molecule has 4 aromatic carbocycles. The number of nitrogens with zero attached hydrogens (tertiary/aromatic N) is 8. The molecule has 0 bridgehead atoms. The van der Waals surface area contributed by atoms with Crippen LogP contribution in [0.3, 0.4) is 0 Å². The van der Waals surface area contributed by atoms with Gasteiger partial charge in [0.2, 0.25) is 0 Å². The Kier molecular flexibility index (Phi) is 11.0. The van der Waals surface area contributed by atoms with Crippen molar-refractivity contribution in [3.8, 4) is 11.4 Å². The molecule has 2 atom stereocenters. The normalized spacial score (nSPS) is 18.9. The van der Waals surface area contributed by atoms with Crippen LogP contribution in [0.5, 0.6) is 0 Å². The van der Waals surface area contributed by atoms with E-state index in [0.717, 1.165) is 101 Å². The number of benzene rings is 4. The number of aryl methyl sites for hydroxylation is 2. The van der Waals surface area contributed by atoms with Crippen molar-refractivity contribution in [1.82, 2.24) is 38.7 Å². The summed E-state index contributed by atoms with van der Waals surface area (Å²) in [6.07, 6.45) is 6.14. The van der Waals surface area contributed by atoms with Crippen LogP contribution in [0.4, 0.5) is 0 Å². The highest BCUT2D eigenvalue weighted by atomic mass is 16.2. The molecule has 10 heteroatoms. The number of carbonyl (C=O) groups is 2. The smallest absolute Gasteiger partial charge is 0.253 e. The van der Waals surface area contributed by atoms with E-state index in [1.165, 1.54) is 19.3 Å². The predicted molar refractivity (Wildman–Crippen MR) is 229 cm³/mol. The second kappa shape index (κ2) is 16.3. The summed E-state index contributed by atoms with van der Waals surface area (Å²) in [7, 11) is 3.89. The molecule has 2 amide bonds. The summed E-state index contributed by atoms with van der Waals surface area (Å²) >= 11 is 0. The molecule has 6 aromatic rings. The van der Waals surface area contributed by atoms with Gasteiger partial charge in [0.05, 0.1) is 22.1 Å². The molecule has 1 saturated carbocycles. The highest BCUT2D eigenvalue weighted by Gasteiger charge is 2.35. The van der Waals surface area contributed by atoms with E-state index in [1.807, 2.05) is 123 Å². The third-order valence-electron chi connectivity index (χ3n) is 12.6. The van der Waals surface area contributed by atoms with Crippen LogP contribution in [-0.4, -0.2) is 115 Å². The molecule has 0 spiro atoms. The fraction of sp³-hybridized carbons (Fsp3) is 0.404. The number of imidazole rings is 2. The Balaban J connectivity index is 0.000000160. The largest absolute Gasteiger partial charge is 0.337 e. The second-order valence-corrected chi connectivity index (χ2v) is 16.4. The molecule has 0 N–H and O–H groups in total. The van der Waals surface area contributed by atoms with Crippen molar-refractivity contribution in [3.05, 3.63) is 120 Å². The zero-order valence-electron chi connectivity index (χ0n) is 34.3. The molecule has 0 radical (unpaired) electrons. The molecule has 10 nitrogen and oxygen atoms in total. The number of rotatable bonds is 8. The quantitative estimate of drug-likeness (QED) is 0.157. The lowest BCUT2D eigenvalue weighted by atomic mass is 9.92. The first-order valence-electron chi connectivity index (χ1n) is 20.7. The summed E-state index contributed by atoms with van der Waals surface area (Å²) in [5, 5.41) is 0. The fourth-order valence-electron chi connectivity index (χ4n) is 8.91. The van der Waals surface area contributed by atoms with Crippen molar-refractivity contribution in [1.29, 1.82) is 0 Å². The van der Waals surface area contributed by atoms with Crippen molar-refractivity contribution in [2.75, 3.05) is 40.3 Å². The number of para-hydroxylation sites is 4. The average Bonchev–Trinajstić information content (AvgIpc) is 4.01. The van der Waals surface area contributed by atoms with Gasteiger partial charge >= 0.3 is 0 Å².